The average Bonchev–Trinajstić information content (AvgIpc) is 2.26. The zero-order chi connectivity index (χ0) is 11.1. The van der Waals surface area contributed by atoms with Crippen molar-refractivity contribution in [1.82, 2.24) is 10.3 Å². The maximum Gasteiger partial charge on any atom is 0.219 e. The molecule has 0 spiro atoms. The molecule has 1 heterocycles. The maximum atomic E-state index is 10.9. The molecule has 82 valence electrons. The van der Waals surface area contributed by atoms with E-state index < -0.39 is 0 Å². The largest absolute Gasteiger partial charge is 0.397 e. The highest BCUT2D eigenvalue weighted by Gasteiger charge is 2.01. The number of nitrogens with zero attached hydrogens (tertiary/aromatic N) is 1. The molecule has 1 aromatic rings. The summed E-state index contributed by atoms with van der Waals surface area (Å²) in [6, 6.07) is 1.89. The minimum Gasteiger partial charge on any atom is -0.397 e. The lowest BCUT2D eigenvalue weighted by atomic mass is 10.3. The number of carbonyl (C=O) groups is 1. The third kappa shape index (κ3) is 4.20. The van der Waals surface area contributed by atoms with Gasteiger partial charge in [-0.1, -0.05) is 0 Å². The second kappa shape index (κ2) is 6.29. The van der Waals surface area contributed by atoms with E-state index in [9.17, 15) is 4.79 Å². The molecule has 0 radical (unpaired) electrons. The number of amides is 1. The SMILES string of the molecule is CNC(=O)CCCSc1ccncc1N. The zero-order valence-electron chi connectivity index (χ0n) is 8.69. The van der Waals surface area contributed by atoms with E-state index in [4.69, 9.17) is 5.73 Å². The van der Waals surface area contributed by atoms with Gasteiger partial charge in [0.2, 0.25) is 5.91 Å². The minimum absolute atomic E-state index is 0.0818. The van der Waals surface area contributed by atoms with Gasteiger partial charge >= 0.3 is 0 Å². The van der Waals surface area contributed by atoms with Gasteiger partial charge in [0.25, 0.3) is 0 Å². The van der Waals surface area contributed by atoms with Crippen molar-refractivity contribution in [2.45, 2.75) is 17.7 Å². The van der Waals surface area contributed by atoms with Crippen LogP contribution in [-0.4, -0.2) is 23.7 Å². The minimum atomic E-state index is 0.0818. The molecule has 0 aliphatic rings. The number of carbonyl (C=O) groups excluding carboxylic acids is 1. The Morgan fingerprint density at radius 3 is 3.13 bits per heavy atom. The maximum absolute atomic E-state index is 10.9. The van der Waals surface area contributed by atoms with Crippen LogP contribution >= 0.6 is 11.8 Å². The van der Waals surface area contributed by atoms with Gasteiger partial charge in [-0.05, 0) is 18.2 Å². The summed E-state index contributed by atoms with van der Waals surface area (Å²) in [5.74, 6) is 0.972. The van der Waals surface area contributed by atoms with Crippen molar-refractivity contribution in [3.8, 4) is 0 Å². The van der Waals surface area contributed by atoms with Crippen LogP contribution in [0.2, 0.25) is 0 Å². The molecule has 0 aliphatic carbocycles. The number of nitrogens with two attached hydrogens (primary N) is 1. The lowest BCUT2D eigenvalue weighted by molar-refractivity contribution is -0.120. The van der Waals surface area contributed by atoms with Crippen LogP contribution in [0.3, 0.4) is 0 Å². The van der Waals surface area contributed by atoms with Crippen LogP contribution in [0.4, 0.5) is 5.69 Å². The monoisotopic (exact) mass is 225 g/mol. The number of aromatic nitrogens is 1. The molecule has 1 rings (SSSR count). The molecule has 1 amide bonds. The van der Waals surface area contributed by atoms with Gasteiger partial charge in [0, 0.05) is 24.6 Å². The van der Waals surface area contributed by atoms with E-state index in [-0.39, 0.29) is 5.91 Å². The first-order chi connectivity index (χ1) is 7.24. The summed E-state index contributed by atoms with van der Waals surface area (Å²) in [5, 5.41) is 2.59. The highest BCUT2D eigenvalue weighted by Crippen LogP contribution is 2.24. The number of nitrogen functional groups attached to an aromatic ring is 1. The first-order valence-electron chi connectivity index (χ1n) is 4.77. The first kappa shape index (κ1) is 11.8. The van der Waals surface area contributed by atoms with Crippen LogP contribution in [0.5, 0.6) is 0 Å². The van der Waals surface area contributed by atoms with Gasteiger partial charge in [0.1, 0.15) is 0 Å². The highest BCUT2D eigenvalue weighted by atomic mass is 32.2. The van der Waals surface area contributed by atoms with Crippen LogP contribution in [-0.2, 0) is 4.79 Å². The zero-order valence-corrected chi connectivity index (χ0v) is 9.51. The van der Waals surface area contributed by atoms with E-state index in [1.54, 1.807) is 31.2 Å². The Hall–Kier alpha value is -1.23. The van der Waals surface area contributed by atoms with E-state index in [1.165, 1.54) is 0 Å². The van der Waals surface area contributed by atoms with Crippen molar-refractivity contribution < 1.29 is 4.79 Å². The molecule has 0 unspecified atom stereocenters. The Balaban J connectivity index is 2.26. The van der Waals surface area contributed by atoms with E-state index in [0.29, 0.717) is 12.1 Å². The van der Waals surface area contributed by atoms with Crippen molar-refractivity contribution in [2.24, 2.45) is 0 Å². The summed E-state index contributed by atoms with van der Waals surface area (Å²) in [4.78, 5) is 15.9. The molecule has 1 aromatic heterocycles. The summed E-state index contributed by atoms with van der Waals surface area (Å²) in [6.45, 7) is 0. The fourth-order valence-corrected chi connectivity index (χ4v) is 1.95. The van der Waals surface area contributed by atoms with E-state index >= 15 is 0 Å². The smallest absolute Gasteiger partial charge is 0.219 e. The van der Waals surface area contributed by atoms with Gasteiger partial charge in [0.15, 0.2) is 0 Å². The molecule has 0 saturated heterocycles. The summed E-state index contributed by atoms with van der Waals surface area (Å²) in [7, 11) is 1.65. The summed E-state index contributed by atoms with van der Waals surface area (Å²) in [6.07, 6.45) is 4.78. The molecule has 4 nitrogen and oxygen atoms in total. The van der Waals surface area contributed by atoms with E-state index in [1.807, 2.05) is 6.07 Å². The Kier molecular flexibility index (Phi) is 4.97. The highest BCUT2D eigenvalue weighted by molar-refractivity contribution is 7.99. The summed E-state index contributed by atoms with van der Waals surface area (Å²) >= 11 is 1.65. The predicted molar refractivity (Wildman–Crippen MR) is 62.7 cm³/mol. The predicted octanol–water partition coefficient (Wildman–Crippen LogP) is 1.28. The molecule has 0 aromatic carbocycles. The van der Waals surface area contributed by atoms with Gasteiger partial charge in [0.05, 0.1) is 11.9 Å². The van der Waals surface area contributed by atoms with Crippen LogP contribution < -0.4 is 11.1 Å². The van der Waals surface area contributed by atoms with Crippen LogP contribution in [0.25, 0.3) is 0 Å². The van der Waals surface area contributed by atoms with Crippen LogP contribution in [0.15, 0.2) is 23.4 Å². The van der Waals surface area contributed by atoms with E-state index in [0.717, 1.165) is 17.1 Å². The lowest BCUT2D eigenvalue weighted by Gasteiger charge is -2.03. The molecule has 3 N–H and O–H groups in total. The van der Waals surface area contributed by atoms with Gasteiger partial charge in [-0.15, -0.1) is 11.8 Å². The van der Waals surface area contributed by atoms with Crippen molar-refractivity contribution in [3.05, 3.63) is 18.5 Å². The number of nitrogens with one attached hydrogen (secondary N) is 1. The number of rotatable bonds is 5. The molecule has 0 aliphatic heterocycles. The lowest BCUT2D eigenvalue weighted by Crippen LogP contribution is -2.17. The fourth-order valence-electron chi connectivity index (χ4n) is 1.07. The van der Waals surface area contributed by atoms with Gasteiger partial charge in [-0.2, -0.15) is 0 Å². The standard InChI is InChI=1S/C10H15N3OS/c1-12-10(14)3-2-6-15-9-4-5-13-7-8(9)11/h4-5,7H,2-3,6,11H2,1H3,(H,12,14). The molecule has 0 saturated carbocycles. The fraction of sp³-hybridized carbons (Fsp3) is 0.400. The molecule has 15 heavy (non-hydrogen) atoms. The van der Waals surface area contributed by atoms with Crippen molar-refractivity contribution in [1.29, 1.82) is 0 Å². The first-order valence-corrected chi connectivity index (χ1v) is 5.75. The number of hydrogen-bond acceptors (Lipinski definition) is 4. The molecule has 0 fully saturated rings. The Labute approximate surface area is 93.7 Å². The normalized spacial score (nSPS) is 9.93. The third-order valence-electron chi connectivity index (χ3n) is 1.89. The summed E-state index contributed by atoms with van der Waals surface area (Å²) in [5.41, 5.74) is 6.42. The van der Waals surface area contributed by atoms with Crippen LogP contribution in [0, 0.1) is 0 Å². The number of hydrogen-bond donors (Lipinski definition) is 2. The molecular formula is C10H15N3OS. The van der Waals surface area contributed by atoms with Crippen molar-refractivity contribution in [2.75, 3.05) is 18.5 Å². The second-order valence-corrected chi connectivity index (χ2v) is 4.18. The Bertz CT molecular complexity index is 330. The average molecular weight is 225 g/mol. The van der Waals surface area contributed by atoms with E-state index in [2.05, 4.69) is 10.3 Å². The van der Waals surface area contributed by atoms with Gasteiger partial charge in [-0.25, -0.2) is 0 Å². The van der Waals surface area contributed by atoms with Crippen molar-refractivity contribution >= 4 is 23.4 Å². The third-order valence-corrected chi connectivity index (χ3v) is 3.07. The molecule has 0 bridgehead atoms. The number of pyridine rings is 1. The second-order valence-electron chi connectivity index (χ2n) is 3.04. The number of anilines is 1. The summed E-state index contributed by atoms with van der Waals surface area (Å²) < 4.78 is 0. The number of thioether (sulfide) groups is 1. The Morgan fingerprint density at radius 1 is 1.67 bits per heavy atom. The van der Waals surface area contributed by atoms with Crippen molar-refractivity contribution in [3.63, 3.8) is 0 Å². The molecule has 0 atom stereocenters. The van der Waals surface area contributed by atoms with Gasteiger partial charge < -0.3 is 11.1 Å². The van der Waals surface area contributed by atoms with Gasteiger partial charge in [-0.3, -0.25) is 9.78 Å². The van der Waals surface area contributed by atoms with Crippen LogP contribution in [0.1, 0.15) is 12.8 Å². The quantitative estimate of drug-likeness (QED) is 0.585. The molecule has 5 heteroatoms. The molecular weight excluding hydrogens is 210 g/mol. The topological polar surface area (TPSA) is 68.0 Å². The Morgan fingerprint density at radius 2 is 2.47 bits per heavy atom.